The number of ketones is 1. The Morgan fingerprint density at radius 3 is 2.53 bits per heavy atom. The fourth-order valence-corrected chi connectivity index (χ4v) is 6.18. The SMILES string of the molecule is CCCC(=O)O[C@H]1CC/C(C)=C\[C@@H]2OC(=O)[C@]3(C)O[C@]23[C@@H](OC(C)=O)[C@H]2[C@@H](C)C(=O)C=C[C@@]21C. The van der Waals surface area contributed by atoms with Crippen molar-refractivity contribution in [2.45, 2.75) is 96.7 Å². The average molecular weight is 475 g/mol. The number of rotatable bonds is 4. The van der Waals surface area contributed by atoms with E-state index in [2.05, 4.69) is 0 Å². The molecule has 4 rings (SSSR count). The number of hydrogen-bond acceptors (Lipinski definition) is 8. The highest BCUT2D eigenvalue weighted by Gasteiger charge is 2.87. The van der Waals surface area contributed by atoms with Crippen LogP contribution in [0.1, 0.15) is 67.2 Å². The summed E-state index contributed by atoms with van der Waals surface area (Å²) in [4.78, 5) is 50.7. The molecule has 0 saturated carbocycles. The Morgan fingerprint density at radius 1 is 1.21 bits per heavy atom. The van der Waals surface area contributed by atoms with Gasteiger partial charge in [0.15, 0.2) is 23.1 Å². The van der Waals surface area contributed by atoms with Gasteiger partial charge >= 0.3 is 17.9 Å². The largest absolute Gasteiger partial charge is 0.461 e. The molecule has 0 aromatic carbocycles. The van der Waals surface area contributed by atoms with Gasteiger partial charge in [-0.3, -0.25) is 14.4 Å². The van der Waals surface area contributed by atoms with Crippen molar-refractivity contribution in [3.05, 3.63) is 23.8 Å². The number of epoxide rings is 1. The molecule has 34 heavy (non-hydrogen) atoms. The molecule has 8 nitrogen and oxygen atoms in total. The number of esters is 3. The molecule has 0 amide bonds. The van der Waals surface area contributed by atoms with E-state index in [0.717, 1.165) is 5.57 Å². The topological polar surface area (TPSA) is 108 Å². The van der Waals surface area contributed by atoms with Crippen molar-refractivity contribution >= 4 is 23.7 Å². The second-order valence-electron chi connectivity index (χ2n) is 10.5. The van der Waals surface area contributed by atoms with Crippen molar-refractivity contribution in [2.75, 3.05) is 0 Å². The molecular weight excluding hydrogens is 440 g/mol. The molecule has 0 radical (unpaired) electrons. The van der Waals surface area contributed by atoms with E-state index in [4.69, 9.17) is 18.9 Å². The molecule has 0 bridgehead atoms. The predicted octanol–water partition coefficient (Wildman–Crippen LogP) is 3.22. The van der Waals surface area contributed by atoms with E-state index in [-0.39, 0.29) is 18.2 Å². The molecule has 2 aliphatic heterocycles. The van der Waals surface area contributed by atoms with E-state index in [1.54, 1.807) is 19.9 Å². The molecule has 0 aromatic heterocycles. The van der Waals surface area contributed by atoms with E-state index in [9.17, 15) is 19.2 Å². The average Bonchev–Trinajstić information content (AvgIpc) is 3.34. The number of allylic oxidation sites excluding steroid dienone is 2. The first kappa shape index (κ1) is 24.6. The van der Waals surface area contributed by atoms with Gasteiger partial charge in [0.25, 0.3) is 0 Å². The van der Waals surface area contributed by atoms with Crippen molar-refractivity contribution in [1.29, 1.82) is 0 Å². The van der Waals surface area contributed by atoms with Gasteiger partial charge in [-0.2, -0.15) is 0 Å². The third-order valence-corrected chi connectivity index (χ3v) is 8.14. The maximum absolute atomic E-state index is 12.9. The number of fused-ring (bicyclic) bond motifs is 1. The van der Waals surface area contributed by atoms with Gasteiger partial charge in [0.05, 0.1) is 0 Å². The smallest absolute Gasteiger partial charge is 0.342 e. The summed E-state index contributed by atoms with van der Waals surface area (Å²) in [6.07, 6.45) is 4.89. The monoisotopic (exact) mass is 474 g/mol. The maximum atomic E-state index is 12.9. The van der Waals surface area contributed by atoms with Gasteiger partial charge < -0.3 is 18.9 Å². The Morgan fingerprint density at radius 2 is 1.91 bits per heavy atom. The van der Waals surface area contributed by atoms with Crippen LogP contribution in [0.15, 0.2) is 23.8 Å². The van der Waals surface area contributed by atoms with Crippen LogP contribution < -0.4 is 0 Å². The minimum absolute atomic E-state index is 0.123. The van der Waals surface area contributed by atoms with E-state index in [1.165, 1.54) is 13.0 Å². The molecule has 4 aliphatic rings. The van der Waals surface area contributed by atoms with Crippen LogP contribution in [0.5, 0.6) is 0 Å². The Balaban J connectivity index is 1.91. The second-order valence-corrected chi connectivity index (χ2v) is 10.5. The summed E-state index contributed by atoms with van der Waals surface area (Å²) < 4.78 is 23.8. The van der Waals surface area contributed by atoms with Crippen LogP contribution >= 0.6 is 0 Å². The summed E-state index contributed by atoms with van der Waals surface area (Å²) in [6.45, 7) is 10.5. The summed E-state index contributed by atoms with van der Waals surface area (Å²) >= 11 is 0. The third kappa shape index (κ3) is 3.53. The van der Waals surface area contributed by atoms with Crippen molar-refractivity contribution in [1.82, 2.24) is 0 Å². The zero-order valence-corrected chi connectivity index (χ0v) is 20.7. The molecule has 2 fully saturated rings. The lowest BCUT2D eigenvalue weighted by Crippen LogP contribution is -2.59. The van der Waals surface area contributed by atoms with Gasteiger partial charge in [-0.15, -0.1) is 0 Å². The van der Waals surface area contributed by atoms with Gasteiger partial charge in [-0.1, -0.05) is 32.4 Å². The Hall–Kier alpha value is -2.48. The summed E-state index contributed by atoms with van der Waals surface area (Å²) in [5.41, 5.74) is -2.47. The molecule has 2 heterocycles. The van der Waals surface area contributed by atoms with E-state index in [0.29, 0.717) is 19.3 Å². The van der Waals surface area contributed by atoms with Gasteiger partial charge in [0, 0.05) is 30.6 Å². The summed E-state index contributed by atoms with van der Waals surface area (Å²) in [5.74, 6) is -2.69. The third-order valence-electron chi connectivity index (χ3n) is 8.14. The quantitative estimate of drug-likeness (QED) is 0.264. The minimum Gasteiger partial charge on any atom is -0.461 e. The van der Waals surface area contributed by atoms with E-state index >= 15 is 0 Å². The van der Waals surface area contributed by atoms with Crippen LogP contribution in [0.25, 0.3) is 0 Å². The number of carbonyl (C=O) groups is 4. The summed E-state index contributed by atoms with van der Waals surface area (Å²) in [5, 5.41) is 0. The van der Waals surface area contributed by atoms with Crippen LogP contribution in [-0.4, -0.2) is 53.2 Å². The zero-order valence-electron chi connectivity index (χ0n) is 20.7. The Bertz CT molecular complexity index is 981. The van der Waals surface area contributed by atoms with Crippen LogP contribution in [0.2, 0.25) is 0 Å². The Labute approximate surface area is 200 Å². The lowest BCUT2D eigenvalue weighted by molar-refractivity contribution is -0.180. The van der Waals surface area contributed by atoms with Crippen LogP contribution in [0.3, 0.4) is 0 Å². The molecule has 8 atom stereocenters. The van der Waals surface area contributed by atoms with Crippen molar-refractivity contribution in [2.24, 2.45) is 17.3 Å². The number of hydrogen-bond donors (Lipinski definition) is 0. The maximum Gasteiger partial charge on any atom is 0.342 e. The standard InChI is InChI=1S/C26H34O8/c1-7-8-20(29)32-18-10-9-14(2)13-19-26(25(6,34-26)23(30)33-19)22(31-16(4)27)21-15(3)17(28)11-12-24(18,21)5/h11-13,15,18-19,21-22H,7-10H2,1-6H3/b14-13-/t15-,18-,19-,21+,22-,24+,25-,26-/m0/s1. The van der Waals surface area contributed by atoms with Crippen LogP contribution in [-0.2, 0) is 38.1 Å². The molecule has 0 aromatic rings. The van der Waals surface area contributed by atoms with Crippen LogP contribution in [0, 0.1) is 17.3 Å². The summed E-state index contributed by atoms with van der Waals surface area (Å²) in [7, 11) is 0. The zero-order chi connectivity index (χ0) is 25.1. The molecule has 2 saturated heterocycles. The normalized spacial score (nSPS) is 44.5. The van der Waals surface area contributed by atoms with Gasteiger partial charge in [-0.25, -0.2) is 4.79 Å². The van der Waals surface area contributed by atoms with E-state index < -0.39 is 58.7 Å². The molecule has 0 N–H and O–H groups in total. The van der Waals surface area contributed by atoms with Crippen molar-refractivity contribution in [3.8, 4) is 0 Å². The number of ether oxygens (including phenoxy) is 4. The van der Waals surface area contributed by atoms with Gasteiger partial charge in [0.1, 0.15) is 12.2 Å². The first-order chi connectivity index (χ1) is 15.9. The molecule has 186 valence electrons. The van der Waals surface area contributed by atoms with Crippen molar-refractivity contribution < 1.29 is 38.1 Å². The molecule has 1 spiro atoms. The lowest BCUT2D eigenvalue weighted by atomic mass is 9.57. The second kappa shape index (κ2) is 8.33. The highest BCUT2D eigenvalue weighted by molar-refractivity contribution is 5.93. The molecule has 8 heteroatoms. The van der Waals surface area contributed by atoms with Crippen molar-refractivity contribution in [3.63, 3.8) is 0 Å². The van der Waals surface area contributed by atoms with E-state index in [1.807, 2.05) is 26.8 Å². The highest BCUT2D eigenvalue weighted by Crippen LogP contribution is 2.64. The van der Waals surface area contributed by atoms with Gasteiger partial charge in [-0.05, 0) is 45.3 Å². The Kier molecular flexibility index (Phi) is 6.03. The van der Waals surface area contributed by atoms with Gasteiger partial charge in [0.2, 0.25) is 0 Å². The molecule has 0 unspecified atom stereocenters. The lowest BCUT2D eigenvalue weighted by Gasteiger charge is -2.49. The predicted molar refractivity (Wildman–Crippen MR) is 120 cm³/mol. The highest BCUT2D eigenvalue weighted by atomic mass is 16.7. The molecule has 2 aliphatic carbocycles. The number of carbonyl (C=O) groups excluding carboxylic acids is 4. The minimum atomic E-state index is -1.30. The first-order valence-corrected chi connectivity index (χ1v) is 12.1. The fourth-order valence-electron chi connectivity index (χ4n) is 6.18. The fraction of sp³-hybridized carbons (Fsp3) is 0.692. The summed E-state index contributed by atoms with van der Waals surface area (Å²) in [6, 6.07) is 0. The first-order valence-electron chi connectivity index (χ1n) is 12.1. The van der Waals surface area contributed by atoms with Crippen LogP contribution in [0.4, 0.5) is 0 Å². The molecular formula is C26H34O8.